The number of halogens is 4. The Balaban J connectivity index is 1.84. The van der Waals surface area contributed by atoms with Gasteiger partial charge in [0.05, 0.1) is 28.7 Å². The Morgan fingerprint density at radius 1 is 0.812 bits per heavy atom. The standard InChI is InChI=1S/C22H15Br2Cl2NO5/c1-30-18-5-3-11(25)7-14(18)21(28)27-13-9-16(23)20(17(24)10-13)32-22(29)15-8-12(26)4-6-19(15)31-2/h3-10H,1-2H3,(H,27,28). The summed E-state index contributed by atoms with van der Waals surface area (Å²) in [4.78, 5) is 25.4. The molecule has 6 nitrogen and oxygen atoms in total. The van der Waals surface area contributed by atoms with Gasteiger partial charge in [0.25, 0.3) is 5.91 Å². The number of nitrogens with one attached hydrogen (secondary N) is 1. The van der Waals surface area contributed by atoms with Gasteiger partial charge in [0.1, 0.15) is 17.1 Å². The van der Waals surface area contributed by atoms with Crippen molar-refractivity contribution in [1.29, 1.82) is 0 Å². The number of esters is 1. The van der Waals surface area contributed by atoms with Crippen molar-refractivity contribution in [2.24, 2.45) is 0 Å². The van der Waals surface area contributed by atoms with Crippen molar-refractivity contribution in [3.05, 3.63) is 78.6 Å². The first-order chi connectivity index (χ1) is 15.2. The van der Waals surface area contributed by atoms with E-state index >= 15 is 0 Å². The Kier molecular flexibility index (Phi) is 8.05. The molecule has 3 rings (SSSR count). The molecule has 166 valence electrons. The number of anilines is 1. The molecule has 1 amide bonds. The highest BCUT2D eigenvalue weighted by Crippen LogP contribution is 2.38. The fourth-order valence-corrected chi connectivity index (χ4v) is 4.47. The molecule has 0 aliphatic rings. The summed E-state index contributed by atoms with van der Waals surface area (Å²) in [5.74, 6) is -0.157. The second-order valence-electron chi connectivity index (χ2n) is 6.30. The topological polar surface area (TPSA) is 73.9 Å². The minimum atomic E-state index is -0.661. The number of hydrogen-bond acceptors (Lipinski definition) is 5. The molecule has 0 fully saturated rings. The molecule has 32 heavy (non-hydrogen) atoms. The summed E-state index contributed by atoms with van der Waals surface area (Å²) < 4.78 is 16.8. The van der Waals surface area contributed by atoms with Gasteiger partial charge in [-0.05, 0) is 80.4 Å². The number of carbonyl (C=O) groups excluding carboxylic acids is 2. The number of benzene rings is 3. The third-order valence-electron chi connectivity index (χ3n) is 4.24. The van der Waals surface area contributed by atoms with E-state index in [0.29, 0.717) is 36.2 Å². The molecule has 1 N–H and O–H groups in total. The Morgan fingerprint density at radius 2 is 1.31 bits per heavy atom. The van der Waals surface area contributed by atoms with Crippen molar-refractivity contribution in [2.45, 2.75) is 0 Å². The van der Waals surface area contributed by atoms with Crippen molar-refractivity contribution < 1.29 is 23.8 Å². The molecule has 0 atom stereocenters. The van der Waals surface area contributed by atoms with Crippen LogP contribution in [0.2, 0.25) is 10.0 Å². The van der Waals surface area contributed by atoms with Crippen LogP contribution in [0.4, 0.5) is 5.69 Å². The highest BCUT2D eigenvalue weighted by molar-refractivity contribution is 9.11. The van der Waals surface area contributed by atoms with Crippen molar-refractivity contribution in [3.8, 4) is 17.2 Å². The molecule has 10 heteroatoms. The average molecular weight is 604 g/mol. The maximum atomic E-state index is 12.7. The van der Waals surface area contributed by atoms with E-state index in [1.165, 1.54) is 26.4 Å². The van der Waals surface area contributed by atoms with Gasteiger partial charge in [-0.15, -0.1) is 0 Å². The Morgan fingerprint density at radius 3 is 1.84 bits per heavy atom. The minimum Gasteiger partial charge on any atom is -0.496 e. The molecule has 0 spiro atoms. The lowest BCUT2D eigenvalue weighted by Gasteiger charge is -2.14. The number of carbonyl (C=O) groups is 2. The van der Waals surface area contributed by atoms with Crippen molar-refractivity contribution in [2.75, 3.05) is 19.5 Å². The van der Waals surface area contributed by atoms with Gasteiger partial charge in [0, 0.05) is 15.7 Å². The molecule has 3 aromatic carbocycles. The summed E-state index contributed by atoms with van der Waals surface area (Å²) in [5, 5.41) is 3.53. The van der Waals surface area contributed by atoms with Gasteiger partial charge in [-0.3, -0.25) is 4.79 Å². The second-order valence-corrected chi connectivity index (χ2v) is 8.88. The van der Waals surface area contributed by atoms with Crippen LogP contribution in [0.1, 0.15) is 20.7 Å². The zero-order chi connectivity index (χ0) is 23.4. The van der Waals surface area contributed by atoms with Gasteiger partial charge in [-0.1, -0.05) is 23.2 Å². The van der Waals surface area contributed by atoms with Gasteiger partial charge < -0.3 is 19.5 Å². The van der Waals surface area contributed by atoms with E-state index in [2.05, 4.69) is 37.2 Å². The van der Waals surface area contributed by atoms with E-state index in [1.54, 1.807) is 36.4 Å². The van der Waals surface area contributed by atoms with Crippen LogP contribution >= 0.6 is 55.1 Å². The predicted octanol–water partition coefficient (Wildman–Crippen LogP) is 7.01. The van der Waals surface area contributed by atoms with Gasteiger partial charge in [-0.2, -0.15) is 0 Å². The van der Waals surface area contributed by atoms with Crippen molar-refractivity contribution in [1.82, 2.24) is 0 Å². The molecule has 0 radical (unpaired) electrons. The van der Waals surface area contributed by atoms with Crippen molar-refractivity contribution >= 4 is 72.6 Å². The van der Waals surface area contributed by atoms with Crippen LogP contribution in [0.25, 0.3) is 0 Å². The summed E-state index contributed by atoms with van der Waals surface area (Å²) in [6.07, 6.45) is 0. The van der Waals surface area contributed by atoms with Crippen LogP contribution in [0.5, 0.6) is 17.2 Å². The van der Waals surface area contributed by atoms with Crippen molar-refractivity contribution in [3.63, 3.8) is 0 Å². The van der Waals surface area contributed by atoms with Crippen LogP contribution in [0, 0.1) is 0 Å². The number of methoxy groups -OCH3 is 2. The number of rotatable bonds is 6. The fraction of sp³-hybridized carbons (Fsp3) is 0.0909. The maximum Gasteiger partial charge on any atom is 0.347 e. The van der Waals surface area contributed by atoms with Gasteiger partial charge in [0.2, 0.25) is 0 Å². The molecule has 0 aliphatic heterocycles. The molecule has 0 bridgehead atoms. The van der Waals surface area contributed by atoms with E-state index < -0.39 is 11.9 Å². The van der Waals surface area contributed by atoms with E-state index in [1.807, 2.05) is 0 Å². The quantitative estimate of drug-likeness (QED) is 0.242. The fourth-order valence-electron chi connectivity index (χ4n) is 2.77. The van der Waals surface area contributed by atoms with Gasteiger partial charge >= 0.3 is 5.97 Å². The van der Waals surface area contributed by atoms with Gasteiger partial charge in [-0.25, -0.2) is 4.79 Å². The lowest BCUT2D eigenvalue weighted by Crippen LogP contribution is -2.14. The van der Waals surface area contributed by atoms with Crippen LogP contribution < -0.4 is 19.5 Å². The highest BCUT2D eigenvalue weighted by atomic mass is 79.9. The van der Waals surface area contributed by atoms with Crippen LogP contribution in [-0.2, 0) is 0 Å². The molecular weight excluding hydrogens is 589 g/mol. The number of ether oxygens (including phenoxy) is 3. The van der Waals surface area contributed by atoms with E-state index in [0.717, 1.165) is 0 Å². The Hall–Kier alpha value is -2.26. The zero-order valence-electron chi connectivity index (χ0n) is 16.7. The third kappa shape index (κ3) is 5.56. The summed E-state index contributed by atoms with van der Waals surface area (Å²) >= 11 is 18.7. The molecule has 0 aliphatic carbocycles. The Bertz CT molecular complexity index is 1180. The molecule has 0 unspecified atom stereocenters. The maximum absolute atomic E-state index is 12.7. The zero-order valence-corrected chi connectivity index (χ0v) is 21.4. The summed E-state index contributed by atoms with van der Waals surface area (Å²) in [6, 6.07) is 12.6. The monoisotopic (exact) mass is 601 g/mol. The van der Waals surface area contributed by atoms with Crippen LogP contribution in [0.15, 0.2) is 57.5 Å². The number of amides is 1. The largest absolute Gasteiger partial charge is 0.496 e. The van der Waals surface area contributed by atoms with Gasteiger partial charge in [0.15, 0.2) is 5.75 Å². The van der Waals surface area contributed by atoms with E-state index in [4.69, 9.17) is 37.4 Å². The van der Waals surface area contributed by atoms with Crippen LogP contribution in [-0.4, -0.2) is 26.1 Å². The molecule has 0 heterocycles. The molecular formula is C22H15Br2Cl2NO5. The predicted molar refractivity (Wildman–Crippen MR) is 131 cm³/mol. The first kappa shape index (κ1) is 24.4. The van der Waals surface area contributed by atoms with E-state index in [9.17, 15) is 9.59 Å². The Labute approximate surface area is 211 Å². The minimum absolute atomic E-state index is 0.171. The summed E-state index contributed by atoms with van der Waals surface area (Å²) in [5.41, 5.74) is 0.885. The lowest BCUT2D eigenvalue weighted by molar-refractivity contribution is 0.0728. The summed E-state index contributed by atoms with van der Waals surface area (Å²) in [7, 11) is 2.91. The lowest BCUT2D eigenvalue weighted by atomic mass is 10.1. The molecule has 0 saturated heterocycles. The number of hydrogen-bond donors (Lipinski definition) is 1. The SMILES string of the molecule is COc1ccc(Cl)cc1C(=O)Nc1cc(Br)c(OC(=O)c2cc(Cl)ccc2OC)c(Br)c1. The molecule has 3 aromatic rings. The summed E-state index contributed by atoms with van der Waals surface area (Å²) in [6.45, 7) is 0. The highest BCUT2D eigenvalue weighted by Gasteiger charge is 2.20. The molecule has 0 saturated carbocycles. The van der Waals surface area contributed by atoms with Crippen LogP contribution in [0.3, 0.4) is 0 Å². The normalized spacial score (nSPS) is 10.4. The third-order valence-corrected chi connectivity index (χ3v) is 5.89. The van der Waals surface area contributed by atoms with E-state index in [-0.39, 0.29) is 16.9 Å². The first-order valence-electron chi connectivity index (χ1n) is 8.93. The second kappa shape index (κ2) is 10.6. The molecule has 0 aromatic heterocycles. The first-order valence-corrected chi connectivity index (χ1v) is 11.3. The average Bonchev–Trinajstić information content (AvgIpc) is 2.76. The smallest absolute Gasteiger partial charge is 0.347 e.